The molecule has 2 rings (SSSR count). The van der Waals surface area contributed by atoms with Crippen molar-refractivity contribution in [1.82, 2.24) is 4.57 Å². The predicted molar refractivity (Wildman–Crippen MR) is 55.7 cm³/mol. The minimum Gasteiger partial charge on any atom is -0.328 e. The van der Waals surface area contributed by atoms with Gasteiger partial charge in [0.25, 0.3) is 0 Å². The number of rotatable bonds is 1. The quantitative estimate of drug-likeness (QED) is 0.522. The Hall–Kier alpha value is -1.57. The van der Waals surface area contributed by atoms with Crippen molar-refractivity contribution in [2.24, 2.45) is 12.0 Å². The molecule has 4 heteroatoms. The molecule has 3 nitrogen and oxygen atoms in total. The first-order valence-corrected chi connectivity index (χ1v) is 4.43. The van der Waals surface area contributed by atoms with E-state index in [9.17, 15) is 4.79 Å². The summed E-state index contributed by atoms with van der Waals surface area (Å²) in [5.41, 5.74) is 0.950. The van der Waals surface area contributed by atoms with Crippen molar-refractivity contribution in [2.45, 2.75) is 0 Å². The van der Waals surface area contributed by atoms with Gasteiger partial charge >= 0.3 is 0 Å². The Labute approximate surface area is 85.6 Å². The Morgan fingerprint density at radius 3 is 2.93 bits per heavy atom. The molecule has 0 atom stereocenters. The highest BCUT2D eigenvalue weighted by atomic mass is 35.5. The lowest BCUT2D eigenvalue weighted by molar-refractivity contribution is 0.565. The van der Waals surface area contributed by atoms with Crippen LogP contribution in [-0.2, 0) is 11.8 Å². The van der Waals surface area contributed by atoms with Gasteiger partial charge in [0.05, 0.1) is 5.52 Å². The van der Waals surface area contributed by atoms with Crippen LogP contribution in [0.1, 0.15) is 0 Å². The third-order valence-corrected chi connectivity index (χ3v) is 2.38. The number of benzene rings is 1. The number of nitrogens with zero attached hydrogens (tertiary/aromatic N) is 2. The van der Waals surface area contributed by atoms with Crippen molar-refractivity contribution in [3.05, 3.63) is 29.3 Å². The van der Waals surface area contributed by atoms with Crippen LogP contribution in [0.4, 0.5) is 5.82 Å². The summed E-state index contributed by atoms with van der Waals surface area (Å²) in [5.74, 6) is 0.581. The van der Waals surface area contributed by atoms with E-state index in [1.54, 1.807) is 10.6 Å². The van der Waals surface area contributed by atoms with E-state index in [-0.39, 0.29) is 0 Å². The third-order valence-electron chi connectivity index (χ3n) is 2.14. The molecule has 1 aromatic carbocycles. The van der Waals surface area contributed by atoms with E-state index >= 15 is 0 Å². The monoisotopic (exact) mass is 206 g/mol. The van der Waals surface area contributed by atoms with Gasteiger partial charge in [0.2, 0.25) is 6.08 Å². The van der Waals surface area contributed by atoms with Crippen LogP contribution < -0.4 is 0 Å². The standard InChI is InChI=1S/C10H7ClN2O/c1-13-9-5-8(11)3-2-7(9)4-10(13)12-6-14/h2-5H,1H3. The zero-order valence-electron chi connectivity index (χ0n) is 7.49. The highest BCUT2D eigenvalue weighted by Gasteiger charge is 2.04. The summed E-state index contributed by atoms with van der Waals surface area (Å²) < 4.78 is 1.80. The largest absolute Gasteiger partial charge is 0.328 e. The van der Waals surface area contributed by atoms with E-state index in [0.29, 0.717) is 10.8 Å². The number of aromatic nitrogens is 1. The van der Waals surface area contributed by atoms with Gasteiger partial charge < -0.3 is 4.57 Å². The topological polar surface area (TPSA) is 34.4 Å². The third kappa shape index (κ3) is 1.33. The summed E-state index contributed by atoms with van der Waals surface area (Å²) in [4.78, 5) is 13.7. The van der Waals surface area contributed by atoms with Crippen LogP contribution in [0.2, 0.25) is 5.02 Å². The zero-order chi connectivity index (χ0) is 10.1. The molecule has 0 radical (unpaired) electrons. The molecule has 0 N–H and O–H groups in total. The number of isocyanates is 1. The molecule has 1 aromatic heterocycles. The van der Waals surface area contributed by atoms with E-state index in [0.717, 1.165) is 10.9 Å². The number of fused-ring (bicyclic) bond motifs is 1. The average Bonchev–Trinajstić information content (AvgIpc) is 2.46. The van der Waals surface area contributed by atoms with Gasteiger partial charge in [0.1, 0.15) is 5.82 Å². The van der Waals surface area contributed by atoms with Gasteiger partial charge in [0, 0.05) is 17.5 Å². The van der Waals surface area contributed by atoms with Crippen LogP contribution in [-0.4, -0.2) is 10.6 Å². The molecule has 1 heterocycles. The molecule has 0 saturated carbocycles. The number of halogens is 1. The highest BCUT2D eigenvalue weighted by Crippen LogP contribution is 2.26. The number of hydrogen-bond donors (Lipinski definition) is 0. The minimum atomic E-state index is 0.581. The van der Waals surface area contributed by atoms with Crippen molar-refractivity contribution in [1.29, 1.82) is 0 Å². The summed E-state index contributed by atoms with van der Waals surface area (Å²) in [7, 11) is 1.83. The van der Waals surface area contributed by atoms with Crippen LogP contribution in [0.3, 0.4) is 0 Å². The maximum atomic E-state index is 10.1. The maximum Gasteiger partial charge on any atom is 0.242 e. The van der Waals surface area contributed by atoms with Crippen molar-refractivity contribution < 1.29 is 4.79 Å². The highest BCUT2D eigenvalue weighted by molar-refractivity contribution is 6.31. The summed E-state index contributed by atoms with van der Waals surface area (Å²) in [6.45, 7) is 0. The molecule has 0 amide bonds. The zero-order valence-corrected chi connectivity index (χ0v) is 8.25. The van der Waals surface area contributed by atoms with Crippen LogP contribution in [0, 0.1) is 0 Å². The molecule has 0 aliphatic rings. The lowest BCUT2D eigenvalue weighted by Gasteiger charge is -1.97. The molecule has 0 unspecified atom stereocenters. The fraction of sp³-hybridized carbons (Fsp3) is 0.100. The normalized spacial score (nSPS) is 10.1. The molecule has 70 valence electrons. The smallest absolute Gasteiger partial charge is 0.242 e. The van der Waals surface area contributed by atoms with Crippen molar-refractivity contribution in [2.75, 3.05) is 0 Å². The van der Waals surface area contributed by atoms with E-state index in [2.05, 4.69) is 4.99 Å². The Kier molecular flexibility index (Phi) is 2.12. The molecule has 0 saturated heterocycles. The molecule has 0 fully saturated rings. The molecule has 14 heavy (non-hydrogen) atoms. The van der Waals surface area contributed by atoms with E-state index in [1.165, 1.54) is 6.08 Å². The van der Waals surface area contributed by atoms with Crippen LogP contribution >= 0.6 is 11.6 Å². The lowest BCUT2D eigenvalue weighted by atomic mass is 10.2. The molecule has 0 aliphatic carbocycles. The number of aliphatic imine (C=N–C) groups is 1. The Morgan fingerprint density at radius 2 is 2.21 bits per heavy atom. The van der Waals surface area contributed by atoms with E-state index in [1.807, 2.05) is 25.2 Å². The van der Waals surface area contributed by atoms with Crippen LogP contribution in [0.5, 0.6) is 0 Å². The first kappa shape index (κ1) is 9.00. The molecular formula is C10H7ClN2O. The minimum absolute atomic E-state index is 0.581. The fourth-order valence-electron chi connectivity index (χ4n) is 1.44. The van der Waals surface area contributed by atoms with Crippen LogP contribution in [0.25, 0.3) is 10.9 Å². The van der Waals surface area contributed by atoms with Gasteiger partial charge in [-0.05, 0) is 18.2 Å². The van der Waals surface area contributed by atoms with Gasteiger partial charge in [0.15, 0.2) is 0 Å². The van der Waals surface area contributed by atoms with E-state index in [4.69, 9.17) is 11.6 Å². The van der Waals surface area contributed by atoms with Crippen molar-refractivity contribution in [3.8, 4) is 0 Å². The molecule has 0 spiro atoms. The van der Waals surface area contributed by atoms with Gasteiger partial charge in [-0.15, -0.1) is 4.99 Å². The number of carbonyl (C=O) groups excluding carboxylic acids is 1. The summed E-state index contributed by atoms with van der Waals surface area (Å²) in [6, 6.07) is 7.34. The second-order valence-electron chi connectivity index (χ2n) is 2.97. The number of hydrogen-bond acceptors (Lipinski definition) is 2. The summed E-state index contributed by atoms with van der Waals surface area (Å²) >= 11 is 5.86. The van der Waals surface area contributed by atoms with Gasteiger partial charge in [-0.25, -0.2) is 4.79 Å². The Bertz CT molecular complexity index is 538. The summed E-state index contributed by atoms with van der Waals surface area (Å²) in [6.07, 6.45) is 1.52. The SMILES string of the molecule is Cn1c(N=C=O)cc2ccc(Cl)cc21. The Morgan fingerprint density at radius 1 is 1.43 bits per heavy atom. The van der Waals surface area contributed by atoms with Gasteiger partial charge in [-0.2, -0.15) is 0 Å². The van der Waals surface area contributed by atoms with Crippen LogP contribution in [0.15, 0.2) is 29.3 Å². The van der Waals surface area contributed by atoms with E-state index < -0.39 is 0 Å². The predicted octanol–water partition coefficient (Wildman–Crippen LogP) is 2.80. The summed E-state index contributed by atoms with van der Waals surface area (Å²) in [5, 5.41) is 1.67. The van der Waals surface area contributed by atoms with Crippen molar-refractivity contribution in [3.63, 3.8) is 0 Å². The fourth-order valence-corrected chi connectivity index (χ4v) is 1.61. The second-order valence-corrected chi connectivity index (χ2v) is 3.40. The molecule has 0 bridgehead atoms. The first-order chi connectivity index (χ1) is 6.72. The second kappa shape index (κ2) is 3.29. The molecule has 0 aliphatic heterocycles. The van der Waals surface area contributed by atoms with Gasteiger partial charge in [-0.3, -0.25) is 0 Å². The van der Waals surface area contributed by atoms with Gasteiger partial charge in [-0.1, -0.05) is 17.7 Å². The molecule has 2 aromatic rings. The average molecular weight is 207 g/mol. The maximum absolute atomic E-state index is 10.1. The number of aryl methyl sites for hydroxylation is 1. The molecular weight excluding hydrogens is 200 g/mol. The first-order valence-electron chi connectivity index (χ1n) is 4.05. The Balaban J connectivity index is 2.80. The lowest BCUT2D eigenvalue weighted by Crippen LogP contribution is -1.85. The van der Waals surface area contributed by atoms with Crippen molar-refractivity contribution >= 4 is 34.4 Å².